The average Bonchev–Trinajstić information content (AvgIpc) is 2.79. The number of nitriles is 1. The van der Waals surface area contributed by atoms with Crippen molar-refractivity contribution in [3.05, 3.63) is 35.4 Å². The second-order valence-electron chi connectivity index (χ2n) is 7.78. The van der Waals surface area contributed by atoms with E-state index in [1.807, 2.05) is 12.1 Å². The largest absolute Gasteiger partial charge is 0.508 e. The number of phenolic OH excluding ortho intramolecular Hbond substituents is 1. The monoisotopic (exact) mass is 309 g/mol. The standard InChI is InChI=1S/C20H23NO2/c1-19-8-6-16-15-5-3-14(22)12-13(15)2-4-17(16)18(19)7-9-20(19,23)10-11-21/h3,5-6,12,17-18,22-23H,2,4,7-10H2,1H3/t17-,18+,19+,20-/m1/s1. The van der Waals surface area contributed by atoms with Crippen LogP contribution in [0.2, 0.25) is 0 Å². The molecule has 2 N–H and O–H groups in total. The molecule has 0 spiro atoms. The molecule has 0 aromatic heterocycles. The van der Waals surface area contributed by atoms with Crippen LogP contribution in [0.5, 0.6) is 5.75 Å². The smallest absolute Gasteiger partial charge is 0.115 e. The van der Waals surface area contributed by atoms with Crippen LogP contribution in [0.3, 0.4) is 0 Å². The van der Waals surface area contributed by atoms with Crippen molar-refractivity contribution in [2.24, 2.45) is 17.3 Å². The molecule has 3 nitrogen and oxygen atoms in total. The first-order valence-corrected chi connectivity index (χ1v) is 8.60. The van der Waals surface area contributed by atoms with Gasteiger partial charge in [-0.1, -0.05) is 19.1 Å². The number of hydrogen-bond acceptors (Lipinski definition) is 3. The molecule has 4 atom stereocenters. The molecule has 4 rings (SSSR count). The number of aliphatic hydroxyl groups is 1. The first kappa shape index (κ1) is 14.8. The highest BCUT2D eigenvalue weighted by molar-refractivity contribution is 5.73. The molecule has 0 unspecified atom stereocenters. The zero-order valence-electron chi connectivity index (χ0n) is 13.5. The van der Waals surface area contributed by atoms with Gasteiger partial charge in [-0.15, -0.1) is 0 Å². The van der Waals surface area contributed by atoms with E-state index in [0.717, 1.165) is 32.1 Å². The van der Waals surface area contributed by atoms with Gasteiger partial charge in [0, 0.05) is 5.41 Å². The molecule has 1 saturated carbocycles. The van der Waals surface area contributed by atoms with Gasteiger partial charge < -0.3 is 10.2 Å². The van der Waals surface area contributed by atoms with Crippen LogP contribution in [0, 0.1) is 28.6 Å². The highest BCUT2D eigenvalue weighted by Gasteiger charge is 2.59. The van der Waals surface area contributed by atoms with Crippen molar-refractivity contribution < 1.29 is 10.2 Å². The molecular formula is C20H23NO2. The van der Waals surface area contributed by atoms with E-state index in [1.54, 1.807) is 6.07 Å². The minimum atomic E-state index is -0.844. The van der Waals surface area contributed by atoms with Crippen LogP contribution in [0.1, 0.15) is 50.2 Å². The van der Waals surface area contributed by atoms with Gasteiger partial charge in [-0.3, -0.25) is 0 Å². The van der Waals surface area contributed by atoms with Gasteiger partial charge in [-0.05, 0) is 72.8 Å². The van der Waals surface area contributed by atoms with E-state index in [-0.39, 0.29) is 11.8 Å². The lowest BCUT2D eigenvalue weighted by atomic mass is 9.57. The molecule has 3 aliphatic rings. The first-order valence-electron chi connectivity index (χ1n) is 8.60. The lowest BCUT2D eigenvalue weighted by Crippen LogP contribution is -2.48. The molecule has 0 radical (unpaired) electrons. The van der Waals surface area contributed by atoms with E-state index in [1.165, 1.54) is 16.7 Å². The van der Waals surface area contributed by atoms with Crippen LogP contribution >= 0.6 is 0 Å². The normalized spacial score (nSPS) is 38.0. The summed E-state index contributed by atoms with van der Waals surface area (Å²) in [5.41, 5.74) is 2.88. The second kappa shape index (κ2) is 4.85. The Morgan fingerprint density at radius 1 is 1.35 bits per heavy atom. The summed E-state index contributed by atoms with van der Waals surface area (Å²) in [6, 6.07) is 7.91. The third kappa shape index (κ3) is 1.91. The summed E-state index contributed by atoms with van der Waals surface area (Å²) in [5, 5.41) is 29.9. The zero-order chi connectivity index (χ0) is 16.2. The van der Waals surface area contributed by atoms with Crippen LogP contribution in [-0.4, -0.2) is 15.8 Å². The number of rotatable bonds is 1. The van der Waals surface area contributed by atoms with Gasteiger partial charge in [-0.25, -0.2) is 0 Å². The van der Waals surface area contributed by atoms with E-state index >= 15 is 0 Å². The number of aryl methyl sites for hydroxylation is 1. The Balaban J connectivity index is 1.76. The van der Waals surface area contributed by atoms with Gasteiger partial charge in [0.05, 0.1) is 18.1 Å². The fourth-order valence-corrected chi connectivity index (χ4v) is 5.49. The van der Waals surface area contributed by atoms with Crippen LogP contribution < -0.4 is 0 Å². The maximum atomic E-state index is 11.1. The molecule has 1 aromatic rings. The zero-order valence-corrected chi connectivity index (χ0v) is 13.5. The maximum Gasteiger partial charge on any atom is 0.115 e. The van der Waals surface area contributed by atoms with Crippen LogP contribution in [0.15, 0.2) is 24.3 Å². The molecule has 0 aliphatic heterocycles. The van der Waals surface area contributed by atoms with Crippen LogP contribution in [-0.2, 0) is 6.42 Å². The third-order valence-corrected chi connectivity index (χ3v) is 6.88. The Kier molecular flexibility index (Phi) is 3.12. The van der Waals surface area contributed by atoms with Gasteiger partial charge in [-0.2, -0.15) is 5.26 Å². The number of allylic oxidation sites excluding steroid dienone is 2. The quantitative estimate of drug-likeness (QED) is 0.829. The number of fused-ring (bicyclic) bond motifs is 5. The summed E-state index contributed by atoms with van der Waals surface area (Å²) >= 11 is 0. The Morgan fingerprint density at radius 2 is 2.17 bits per heavy atom. The van der Waals surface area contributed by atoms with E-state index in [9.17, 15) is 10.2 Å². The van der Waals surface area contributed by atoms with Crippen molar-refractivity contribution in [2.45, 2.75) is 51.0 Å². The molecule has 120 valence electrons. The maximum absolute atomic E-state index is 11.1. The number of nitrogens with zero attached hydrogens (tertiary/aromatic N) is 1. The number of aromatic hydroxyl groups is 1. The Labute approximate surface area is 137 Å². The molecule has 0 amide bonds. The molecule has 0 heterocycles. The lowest BCUT2D eigenvalue weighted by Gasteiger charge is -2.49. The van der Waals surface area contributed by atoms with Gasteiger partial charge in [0.2, 0.25) is 0 Å². The molecule has 3 aliphatic carbocycles. The van der Waals surface area contributed by atoms with E-state index in [0.29, 0.717) is 17.6 Å². The third-order valence-electron chi connectivity index (χ3n) is 6.88. The topological polar surface area (TPSA) is 64.2 Å². The predicted molar refractivity (Wildman–Crippen MR) is 88.5 cm³/mol. The number of phenols is 1. The van der Waals surface area contributed by atoms with E-state index in [2.05, 4.69) is 19.1 Å². The minimum absolute atomic E-state index is 0.189. The van der Waals surface area contributed by atoms with Crippen molar-refractivity contribution >= 4 is 5.57 Å². The fourth-order valence-electron chi connectivity index (χ4n) is 5.49. The Bertz CT molecular complexity index is 732. The van der Waals surface area contributed by atoms with Crippen molar-refractivity contribution in [3.8, 4) is 11.8 Å². The highest BCUT2D eigenvalue weighted by Crippen LogP contribution is 2.62. The predicted octanol–water partition coefficient (Wildman–Crippen LogP) is 3.80. The summed E-state index contributed by atoms with van der Waals surface area (Å²) < 4.78 is 0. The summed E-state index contributed by atoms with van der Waals surface area (Å²) in [4.78, 5) is 0. The molecule has 0 saturated heterocycles. The lowest BCUT2D eigenvalue weighted by molar-refractivity contribution is -0.0724. The van der Waals surface area contributed by atoms with Gasteiger partial charge >= 0.3 is 0 Å². The average molecular weight is 309 g/mol. The molecule has 23 heavy (non-hydrogen) atoms. The number of benzene rings is 1. The number of hydrogen-bond donors (Lipinski definition) is 2. The van der Waals surface area contributed by atoms with Gasteiger partial charge in [0.25, 0.3) is 0 Å². The van der Waals surface area contributed by atoms with Crippen molar-refractivity contribution in [2.75, 3.05) is 0 Å². The molecular weight excluding hydrogens is 286 g/mol. The van der Waals surface area contributed by atoms with Gasteiger partial charge in [0.15, 0.2) is 0 Å². The van der Waals surface area contributed by atoms with Crippen molar-refractivity contribution in [3.63, 3.8) is 0 Å². The summed E-state index contributed by atoms with van der Waals surface area (Å²) in [5.74, 6) is 1.26. The van der Waals surface area contributed by atoms with Crippen LogP contribution in [0.25, 0.3) is 5.57 Å². The Morgan fingerprint density at radius 3 is 2.96 bits per heavy atom. The second-order valence-corrected chi connectivity index (χ2v) is 7.78. The molecule has 0 bridgehead atoms. The molecule has 1 aromatic carbocycles. The summed E-state index contributed by atoms with van der Waals surface area (Å²) in [6.45, 7) is 2.18. The fraction of sp³-hybridized carbons (Fsp3) is 0.550. The molecule has 1 fully saturated rings. The molecule has 3 heteroatoms. The minimum Gasteiger partial charge on any atom is -0.508 e. The summed E-state index contributed by atoms with van der Waals surface area (Å²) in [6.07, 6.45) is 7.16. The van der Waals surface area contributed by atoms with Crippen LogP contribution in [0.4, 0.5) is 0 Å². The Hall–Kier alpha value is -1.79. The van der Waals surface area contributed by atoms with E-state index in [4.69, 9.17) is 5.26 Å². The summed E-state index contributed by atoms with van der Waals surface area (Å²) in [7, 11) is 0. The SMILES string of the molecule is C[C@]12CC=C3c4ccc(O)cc4CC[C@H]3[C@@H]1CC[C@@]2(O)CC#N. The van der Waals surface area contributed by atoms with Crippen molar-refractivity contribution in [1.82, 2.24) is 0 Å². The first-order chi connectivity index (χ1) is 11.0. The van der Waals surface area contributed by atoms with Crippen molar-refractivity contribution in [1.29, 1.82) is 5.26 Å². The highest BCUT2D eigenvalue weighted by atomic mass is 16.3. The van der Waals surface area contributed by atoms with E-state index < -0.39 is 5.60 Å². The van der Waals surface area contributed by atoms with Gasteiger partial charge in [0.1, 0.15) is 5.75 Å².